The molecule has 0 aliphatic carbocycles. The van der Waals surface area contributed by atoms with Crippen molar-refractivity contribution in [3.8, 4) is 5.75 Å². The molecule has 0 unspecified atom stereocenters. The summed E-state index contributed by atoms with van der Waals surface area (Å²) >= 11 is 0. The van der Waals surface area contributed by atoms with Crippen molar-refractivity contribution in [1.82, 2.24) is 4.98 Å². The van der Waals surface area contributed by atoms with Gasteiger partial charge in [-0.05, 0) is 31.4 Å². The highest BCUT2D eigenvalue weighted by Gasteiger charge is 2.39. The van der Waals surface area contributed by atoms with Crippen LogP contribution in [0.4, 0.5) is 5.82 Å². The van der Waals surface area contributed by atoms with Crippen LogP contribution >= 0.6 is 0 Å². The third kappa shape index (κ3) is 2.05. The van der Waals surface area contributed by atoms with Gasteiger partial charge >= 0.3 is 0 Å². The zero-order valence-corrected chi connectivity index (χ0v) is 11.7. The average molecular weight is 276 g/mol. The first-order valence-electron chi connectivity index (χ1n) is 7.39. The number of aromatic nitrogens is 1. The van der Waals surface area contributed by atoms with Crippen LogP contribution in [0.3, 0.4) is 0 Å². The van der Waals surface area contributed by atoms with E-state index in [4.69, 9.17) is 14.2 Å². The maximum absolute atomic E-state index is 6.16. The number of anilines is 1. The predicted octanol–water partition coefficient (Wildman–Crippen LogP) is 1.54. The lowest BCUT2D eigenvalue weighted by molar-refractivity contribution is -0.00631. The van der Waals surface area contributed by atoms with Crippen LogP contribution in [0.2, 0.25) is 0 Å². The highest BCUT2D eigenvalue weighted by Crippen LogP contribution is 2.39. The second kappa shape index (κ2) is 4.90. The molecule has 3 aliphatic rings. The molecule has 3 aliphatic heterocycles. The Morgan fingerprint density at radius 1 is 1.35 bits per heavy atom. The van der Waals surface area contributed by atoms with Crippen molar-refractivity contribution in [2.24, 2.45) is 0 Å². The summed E-state index contributed by atoms with van der Waals surface area (Å²) in [6.45, 7) is 5.29. The first kappa shape index (κ1) is 12.4. The molecule has 20 heavy (non-hydrogen) atoms. The molecule has 0 bridgehead atoms. The summed E-state index contributed by atoms with van der Waals surface area (Å²) in [5.74, 6) is 1.92. The number of hydrogen-bond donors (Lipinski definition) is 0. The molecule has 0 saturated carbocycles. The van der Waals surface area contributed by atoms with Gasteiger partial charge in [0.1, 0.15) is 6.61 Å². The molecule has 4 rings (SSSR count). The van der Waals surface area contributed by atoms with Crippen molar-refractivity contribution < 1.29 is 14.2 Å². The molecule has 0 spiro atoms. The zero-order valence-electron chi connectivity index (χ0n) is 11.7. The molecule has 2 fully saturated rings. The normalized spacial score (nSPS) is 31.9. The van der Waals surface area contributed by atoms with Gasteiger partial charge in [0.25, 0.3) is 0 Å². The lowest BCUT2D eigenvalue weighted by atomic mass is 10.1. The Morgan fingerprint density at radius 3 is 3.15 bits per heavy atom. The summed E-state index contributed by atoms with van der Waals surface area (Å²) in [4.78, 5) is 6.86. The number of nitrogens with zero attached hydrogens (tertiary/aromatic N) is 2. The predicted molar refractivity (Wildman–Crippen MR) is 74.3 cm³/mol. The SMILES string of the molecule is Cc1ccnc2c1OC[C@@H]1C[C@H](O[C@H]3CCOC3)CN21. The van der Waals surface area contributed by atoms with Gasteiger partial charge in [-0.15, -0.1) is 0 Å². The van der Waals surface area contributed by atoms with E-state index in [1.165, 1.54) is 0 Å². The second-order valence-corrected chi connectivity index (χ2v) is 5.88. The Bertz CT molecular complexity index is 502. The van der Waals surface area contributed by atoms with E-state index >= 15 is 0 Å². The van der Waals surface area contributed by atoms with Crippen LogP contribution in [0.15, 0.2) is 12.3 Å². The minimum absolute atomic E-state index is 0.267. The van der Waals surface area contributed by atoms with Gasteiger partial charge in [0.05, 0.1) is 24.9 Å². The van der Waals surface area contributed by atoms with Crippen molar-refractivity contribution >= 4 is 5.82 Å². The highest BCUT2D eigenvalue weighted by atomic mass is 16.6. The van der Waals surface area contributed by atoms with Gasteiger partial charge in [0.15, 0.2) is 11.6 Å². The van der Waals surface area contributed by atoms with E-state index in [-0.39, 0.29) is 12.2 Å². The summed E-state index contributed by atoms with van der Waals surface area (Å²) in [7, 11) is 0. The largest absolute Gasteiger partial charge is 0.487 e. The fraction of sp³-hybridized carbons (Fsp3) is 0.667. The summed E-state index contributed by atoms with van der Waals surface area (Å²) in [6.07, 6.45) is 4.44. The van der Waals surface area contributed by atoms with E-state index in [0.717, 1.165) is 56.3 Å². The summed E-state index contributed by atoms with van der Waals surface area (Å²) in [5, 5.41) is 0. The van der Waals surface area contributed by atoms with Crippen molar-refractivity contribution in [2.75, 3.05) is 31.3 Å². The number of aryl methyl sites for hydroxylation is 1. The molecule has 3 atom stereocenters. The monoisotopic (exact) mass is 276 g/mol. The molecule has 0 amide bonds. The molecule has 108 valence electrons. The van der Waals surface area contributed by atoms with E-state index in [1.54, 1.807) is 0 Å². The van der Waals surface area contributed by atoms with Gasteiger partial charge in [-0.2, -0.15) is 0 Å². The molecule has 0 N–H and O–H groups in total. The van der Waals surface area contributed by atoms with Crippen LogP contribution in [0.1, 0.15) is 18.4 Å². The van der Waals surface area contributed by atoms with E-state index in [2.05, 4.69) is 16.8 Å². The van der Waals surface area contributed by atoms with Crippen molar-refractivity contribution in [1.29, 1.82) is 0 Å². The Labute approximate surface area is 118 Å². The molecule has 5 heteroatoms. The van der Waals surface area contributed by atoms with Gasteiger partial charge in [0, 0.05) is 19.3 Å². The van der Waals surface area contributed by atoms with Crippen molar-refractivity contribution in [2.45, 2.75) is 38.0 Å². The fourth-order valence-corrected chi connectivity index (χ4v) is 3.37. The summed E-state index contributed by atoms with van der Waals surface area (Å²) in [5.41, 5.74) is 1.15. The van der Waals surface area contributed by atoms with Gasteiger partial charge < -0.3 is 19.1 Å². The van der Waals surface area contributed by atoms with Crippen molar-refractivity contribution in [3.63, 3.8) is 0 Å². The van der Waals surface area contributed by atoms with E-state index < -0.39 is 0 Å². The number of rotatable bonds is 2. The molecule has 5 nitrogen and oxygen atoms in total. The average Bonchev–Trinajstić information content (AvgIpc) is 3.08. The van der Waals surface area contributed by atoms with Crippen LogP contribution < -0.4 is 9.64 Å². The molecular formula is C15H20N2O3. The van der Waals surface area contributed by atoms with Crippen LogP contribution in [-0.2, 0) is 9.47 Å². The van der Waals surface area contributed by atoms with Gasteiger partial charge in [0.2, 0.25) is 0 Å². The van der Waals surface area contributed by atoms with E-state index in [0.29, 0.717) is 6.04 Å². The van der Waals surface area contributed by atoms with Gasteiger partial charge in [-0.3, -0.25) is 0 Å². The molecule has 2 saturated heterocycles. The molecule has 1 aromatic heterocycles. The standard InChI is InChI=1S/C15H20N2O3/c1-10-2-4-16-15-14(10)19-8-11-6-13(7-17(11)15)20-12-3-5-18-9-12/h2,4,11-13H,3,5-9H2,1H3/t11-,12-,13-/m0/s1. The smallest absolute Gasteiger partial charge is 0.172 e. The third-order valence-electron chi connectivity index (χ3n) is 4.42. The van der Waals surface area contributed by atoms with Crippen LogP contribution in [-0.4, -0.2) is 49.6 Å². The Kier molecular flexibility index (Phi) is 3.04. The Morgan fingerprint density at radius 2 is 2.30 bits per heavy atom. The first-order chi connectivity index (χ1) is 9.81. The van der Waals surface area contributed by atoms with Crippen LogP contribution in [0.5, 0.6) is 5.75 Å². The Balaban J connectivity index is 1.51. The fourth-order valence-electron chi connectivity index (χ4n) is 3.37. The van der Waals surface area contributed by atoms with Crippen molar-refractivity contribution in [3.05, 3.63) is 17.8 Å². The second-order valence-electron chi connectivity index (χ2n) is 5.88. The maximum Gasteiger partial charge on any atom is 0.172 e. The topological polar surface area (TPSA) is 43.8 Å². The van der Waals surface area contributed by atoms with E-state index in [9.17, 15) is 0 Å². The number of fused-ring (bicyclic) bond motifs is 3. The summed E-state index contributed by atoms with van der Waals surface area (Å²) in [6, 6.07) is 2.39. The molecule has 4 heterocycles. The van der Waals surface area contributed by atoms with Gasteiger partial charge in [-0.1, -0.05) is 0 Å². The first-order valence-corrected chi connectivity index (χ1v) is 7.39. The minimum Gasteiger partial charge on any atom is -0.487 e. The van der Waals surface area contributed by atoms with Gasteiger partial charge in [-0.25, -0.2) is 4.98 Å². The van der Waals surface area contributed by atoms with E-state index in [1.807, 2.05) is 12.3 Å². The summed E-state index contributed by atoms with van der Waals surface area (Å²) < 4.78 is 17.4. The lowest BCUT2D eigenvalue weighted by Crippen LogP contribution is -2.39. The molecule has 0 radical (unpaired) electrons. The van der Waals surface area contributed by atoms with Crippen LogP contribution in [0.25, 0.3) is 0 Å². The molecule has 0 aromatic carbocycles. The lowest BCUT2D eigenvalue weighted by Gasteiger charge is -2.32. The number of hydrogen-bond acceptors (Lipinski definition) is 5. The zero-order chi connectivity index (χ0) is 13.5. The maximum atomic E-state index is 6.16. The Hall–Kier alpha value is -1.33. The minimum atomic E-state index is 0.267. The number of pyridine rings is 1. The number of ether oxygens (including phenoxy) is 3. The third-order valence-corrected chi connectivity index (χ3v) is 4.42. The molecular weight excluding hydrogens is 256 g/mol. The van der Waals surface area contributed by atoms with Crippen LogP contribution in [0, 0.1) is 6.92 Å². The highest BCUT2D eigenvalue weighted by molar-refractivity contribution is 5.59. The quantitative estimate of drug-likeness (QED) is 0.819. The molecule has 1 aromatic rings.